The number of rotatable bonds is 7. The molecular formula is C24H26N4O2. The van der Waals surface area contributed by atoms with Gasteiger partial charge in [-0.1, -0.05) is 30.3 Å². The Morgan fingerprint density at radius 2 is 1.93 bits per heavy atom. The molecule has 2 heterocycles. The zero-order chi connectivity index (χ0) is 21.1. The van der Waals surface area contributed by atoms with E-state index in [-0.39, 0.29) is 5.91 Å². The number of carbonyl (C=O) groups excluding carboxylic acids is 1. The van der Waals surface area contributed by atoms with E-state index < -0.39 is 0 Å². The van der Waals surface area contributed by atoms with Crippen molar-refractivity contribution in [2.75, 3.05) is 11.9 Å². The maximum absolute atomic E-state index is 12.8. The van der Waals surface area contributed by atoms with Crippen LogP contribution in [0.3, 0.4) is 0 Å². The lowest BCUT2D eigenvalue weighted by Gasteiger charge is -2.09. The summed E-state index contributed by atoms with van der Waals surface area (Å²) in [6.07, 6.45) is 3.39. The monoisotopic (exact) mass is 402 g/mol. The third-order valence-electron chi connectivity index (χ3n) is 5.40. The van der Waals surface area contributed by atoms with E-state index in [9.17, 15) is 4.79 Å². The summed E-state index contributed by atoms with van der Waals surface area (Å²) in [6, 6.07) is 16.3. The van der Waals surface area contributed by atoms with Gasteiger partial charge in [-0.15, -0.1) is 0 Å². The van der Waals surface area contributed by atoms with E-state index in [4.69, 9.17) is 4.74 Å². The van der Waals surface area contributed by atoms with Crippen LogP contribution in [0, 0.1) is 13.8 Å². The van der Waals surface area contributed by atoms with Gasteiger partial charge in [0.25, 0.3) is 5.91 Å². The van der Waals surface area contributed by atoms with E-state index in [1.54, 1.807) is 17.1 Å². The van der Waals surface area contributed by atoms with E-state index >= 15 is 0 Å². The number of nitrogens with one attached hydrogen (secondary N) is 1. The van der Waals surface area contributed by atoms with Crippen molar-refractivity contribution in [1.29, 1.82) is 0 Å². The molecule has 0 unspecified atom stereocenters. The highest BCUT2D eigenvalue weighted by atomic mass is 16.5. The van der Waals surface area contributed by atoms with E-state index in [2.05, 4.69) is 53.1 Å². The molecule has 0 saturated carbocycles. The van der Waals surface area contributed by atoms with Gasteiger partial charge in [0.1, 0.15) is 6.73 Å². The molecule has 0 bridgehead atoms. The standard InChI is InChI=1S/C24H26N4O2/c1-4-30-16-27-15-21(13-25-27)26-24(29)20-10-11-23-22(12-20)17(2)18(3)28(23)14-19-8-6-5-7-9-19/h5-13,15H,4,14,16H2,1-3H3,(H,26,29). The number of nitrogens with zero attached hydrogens (tertiary/aromatic N) is 3. The van der Waals surface area contributed by atoms with Gasteiger partial charge >= 0.3 is 0 Å². The third kappa shape index (κ3) is 4.00. The van der Waals surface area contributed by atoms with Crippen molar-refractivity contribution in [2.24, 2.45) is 0 Å². The van der Waals surface area contributed by atoms with Gasteiger partial charge < -0.3 is 14.6 Å². The Balaban J connectivity index is 1.58. The van der Waals surface area contributed by atoms with Crippen LogP contribution in [0.1, 0.15) is 34.1 Å². The zero-order valence-corrected chi connectivity index (χ0v) is 17.6. The van der Waals surface area contributed by atoms with Crippen LogP contribution < -0.4 is 5.32 Å². The number of aromatic nitrogens is 3. The summed E-state index contributed by atoms with van der Waals surface area (Å²) in [5.41, 5.74) is 6.07. The molecule has 2 aromatic heterocycles. The molecule has 0 saturated heterocycles. The second-order valence-corrected chi connectivity index (χ2v) is 7.36. The number of anilines is 1. The molecule has 2 aromatic carbocycles. The molecule has 30 heavy (non-hydrogen) atoms. The Morgan fingerprint density at radius 1 is 1.13 bits per heavy atom. The highest BCUT2D eigenvalue weighted by molar-refractivity contribution is 6.06. The van der Waals surface area contributed by atoms with Crippen molar-refractivity contribution in [2.45, 2.75) is 34.0 Å². The van der Waals surface area contributed by atoms with E-state index in [0.29, 0.717) is 24.6 Å². The first-order valence-electron chi connectivity index (χ1n) is 10.1. The van der Waals surface area contributed by atoms with Gasteiger partial charge in [-0.2, -0.15) is 5.10 Å². The fourth-order valence-electron chi connectivity index (χ4n) is 3.65. The molecular weight excluding hydrogens is 376 g/mol. The minimum atomic E-state index is -0.152. The first-order valence-corrected chi connectivity index (χ1v) is 10.1. The third-order valence-corrected chi connectivity index (χ3v) is 5.40. The topological polar surface area (TPSA) is 61.1 Å². The highest BCUT2D eigenvalue weighted by Crippen LogP contribution is 2.27. The molecule has 1 amide bonds. The lowest BCUT2D eigenvalue weighted by molar-refractivity contribution is 0.0792. The molecule has 6 heteroatoms. The summed E-state index contributed by atoms with van der Waals surface area (Å²) >= 11 is 0. The SMILES string of the molecule is CCOCn1cc(NC(=O)c2ccc3c(c2)c(C)c(C)n3Cc2ccccc2)cn1. The molecule has 0 aliphatic heterocycles. The van der Waals surface area contributed by atoms with E-state index in [1.165, 1.54) is 16.8 Å². The van der Waals surface area contributed by atoms with Gasteiger partial charge in [-0.25, -0.2) is 4.68 Å². The lowest BCUT2D eigenvalue weighted by Crippen LogP contribution is -2.11. The van der Waals surface area contributed by atoms with Crippen LogP contribution in [0.25, 0.3) is 10.9 Å². The quantitative estimate of drug-likeness (QED) is 0.485. The first kappa shape index (κ1) is 19.9. The maximum atomic E-state index is 12.8. The average molecular weight is 402 g/mol. The number of hydrogen-bond acceptors (Lipinski definition) is 3. The van der Waals surface area contributed by atoms with Crippen molar-refractivity contribution >= 4 is 22.5 Å². The number of ether oxygens (including phenoxy) is 1. The van der Waals surface area contributed by atoms with Gasteiger partial charge in [0.15, 0.2) is 0 Å². The Bertz CT molecular complexity index is 1170. The molecule has 4 rings (SSSR count). The second kappa shape index (κ2) is 8.55. The summed E-state index contributed by atoms with van der Waals surface area (Å²) in [7, 11) is 0. The van der Waals surface area contributed by atoms with Crippen molar-refractivity contribution < 1.29 is 9.53 Å². The van der Waals surface area contributed by atoms with Crippen LogP contribution in [0.15, 0.2) is 60.9 Å². The molecule has 154 valence electrons. The number of benzene rings is 2. The fraction of sp³-hybridized carbons (Fsp3) is 0.250. The van der Waals surface area contributed by atoms with Crippen LogP contribution in [0.2, 0.25) is 0 Å². The molecule has 0 atom stereocenters. The predicted octanol–water partition coefficient (Wildman–Crippen LogP) is 4.75. The van der Waals surface area contributed by atoms with Crippen LogP contribution in [0.4, 0.5) is 5.69 Å². The highest BCUT2D eigenvalue weighted by Gasteiger charge is 2.15. The Kier molecular flexibility index (Phi) is 5.68. The number of carbonyl (C=O) groups is 1. The van der Waals surface area contributed by atoms with E-state index in [0.717, 1.165) is 17.4 Å². The average Bonchev–Trinajstić information content (AvgIpc) is 3.31. The summed E-state index contributed by atoms with van der Waals surface area (Å²) in [5, 5.41) is 8.21. The molecule has 0 fully saturated rings. The Hall–Kier alpha value is -3.38. The zero-order valence-electron chi connectivity index (χ0n) is 17.6. The molecule has 1 N–H and O–H groups in total. The maximum Gasteiger partial charge on any atom is 0.255 e. The van der Waals surface area contributed by atoms with Crippen molar-refractivity contribution in [3.63, 3.8) is 0 Å². The van der Waals surface area contributed by atoms with Crippen molar-refractivity contribution in [1.82, 2.24) is 14.3 Å². The molecule has 0 aliphatic carbocycles. The van der Waals surface area contributed by atoms with Gasteiger partial charge in [0.2, 0.25) is 0 Å². The van der Waals surface area contributed by atoms with Gasteiger partial charge in [0.05, 0.1) is 18.1 Å². The smallest absolute Gasteiger partial charge is 0.255 e. The summed E-state index contributed by atoms with van der Waals surface area (Å²) in [5.74, 6) is -0.152. The van der Waals surface area contributed by atoms with E-state index in [1.807, 2.05) is 31.2 Å². The van der Waals surface area contributed by atoms with Crippen LogP contribution in [-0.4, -0.2) is 26.9 Å². The predicted molar refractivity (Wildman–Crippen MR) is 119 cm³/mol. The minimum Gasteiger partial charge on any atom is -0.360 e. The molecule has 6 nitrogen and oxygen atoms in total. The normalized spacial score (nSPS) is 11.2. The van der Waals surface area contributed by atoms with Crippen LogP contribution in [0.5, 0.6) is 0 Å². The molecule has 0 radical (unpaired) electrons. The minimum absolute atomic E-state index is 0.152. The Morgan fingerprint density at radius 3 is 2.70 bits per heavy atom. The van der Waals surface area contributed by atoms with Gasteiger partial charge in [0, 0.05) is 35.3 Å². The Labute approximate surface area is 176 Å². The summed E-state index contributed by atoms with van der Waals surface area (Å²) in [6.45, 7) is 7.96. The lowest BCUT2D eigenvalue weighted by atomic mass is 10.1. The van der Waals surface area contributed by atoms with Crippen molar-refractivity contribution in [3.8, 4) is 0 Å². The van der Waals surface area contributed by atoms with Crippen LogP contribution in [-0.2, 0) is 18.0 Å². The van der Waals surface area contributed by atoms with Crippen LogP contribution >= 0.6 is 0 Å². The summed E-state index contributed by atoms with van der Waals surface area (Å²) < 4.78 is 9.28. The largest absolute Gasteiger partial charge is 0.360 e. The van der Waals surface area contributed by atoms with Crippen molar-refractivity contribution in [3.05, 3.63) is 83.3 Å². The molecule has 4 aromatic rings. The number of hydrogen-bond donors (Lipinski definition) is 1. The second-order valence-electron chi connectivity index (χ2n) is 7.36. The number of aryl methyl sites for hydroxylation is 1. The molecule has 0 spiro atoms. The summed E-state index contributed by atoms with van der Waals surface area (Å²) in [4.78, 5) is 12.8. The number of fused-ring (bicyclic) bond motifs is 1. The molecule has 0 aliphatic rings. The first-order chi connectivity index (χ1) is 14.6. The van der Waals surface area contributed by atoms with Gasteiger partial charge in [-0.3, -0.25) is 4.79 Å². The van der Waals surface area contributed by atoms with Gasteiger partial charge in [-0.05, 0) is 50.1 Å². The fourth-order valence-corrected chi connectivity index (χ4v) is 3.65. The number of amides is 1.